The predicted octanol–water partition coefficient (Wildman–Crippen LogP) is 2.28. The maximum atomic E-state index is 3.65. The van der Waals surface area contributed by atoms with E-state index in [9.17, 15) is 0 Å². The third kappa shape index (κ3) is 8.90. The molecule has 0 saturated heterocycles. The molecule has 0 aliphatic rings. The number of nitrogens with zero attached hydrogens (tertiary/aromatic N) is 2. The van der Waals surface area contributed by atoms with Crippen molar-refractivity contribution in [2.45, 2.75) is 46.6 Å². The van der Waals surface area contributed by atoms with Crippen LogP contribution in [-0.2, 0) is 0 Å². The molecule has 0 aliphatic carbocycles. The Morgan fingerprint density at radius 2 is 1.50 bits per heavy atom. The molecular formula is C15H35N3. The summed E-state index contributed by atoms with van der Waals surface area (Å²) in [7, 11) is 6.50. The molecule has 0 saturated carbocycles. The fraction of sp³-hybridized carbons (Fsp3) is 1.00. The van der Waals surface area contributed by atoms with Crippen LogP contribution in [-0.4, -0.2) is 62.7 Å². The Balaban J connectivity index is 4.20. The van der Waals surface area contributed by atoms with Gasteiger partial charge in [0.1, 0.15) is 0 Å². The van der Waals surface area contributed by atoms with Gasteiger partial charge >= 0.3 is 0 Å². The zero-order valence-corrected chi connectivity index (χ0v) is 13.9. The van der Waals surface area contributed by atoms with Crippen LogP contribution in [0.15, 0.2) is 0 Å². The lowest BCUT2D eigenvalue weighted by Crippen LogP contribution is -2.47. The van der Waals surface area contributed by atoms with Gasteiger partial charge in [-0.2, -0.15) is 0 Å². The molecule has 0 radical (unpaired) electrons. The summed E-state index contributed by atoms with van der Waals surface area (Å²) in [5.41, 5.74) is 0.562. The minimum absolute atomic E-state index is 0.207. The van der Waals surface area contributed by atoms with E-state index >= 15 is 0 Å². The van der Waals surface area contributed by atoms with Crippen LogP contribution in [0.1, 0.15) is 41.0 Å². The molecule has 1 N–H and O–H groups in total. The van der Waals surface area contributed by atoms with Crippen LogP contribution in [0.4, 0.5) is 0 Å². The largest absolute Gasteiger partial charge is 0.311 e. The molecule has 0 aromatic carbocycles. The van der Waals surface area contributed by atoms with Gasteiger partial charge in [-0.3, -0.25) is 0 Å². The normalized spacial score (nSPS) is 16.3. The second kappa shape index (κ2) is 7.46. The summed E-state index contributed by atoms with van der Waals surface area (Å²) in [5, 5.41) is 3.65. The van der Waals surface area contributed by atoms with E-state index in [0.29, 0.717) is 5.41 Å². The van der Waals surface area contributed by atoms with Gasteiger partial charge in [-0.05, 0) is 53.8 Å². The first-order valence-corrected chi connectivity index (χ1v) is 7.16. The molecule has 1 atom stereocenters. The average molecular weight is 257 g/mol. The third-order valence-electron chi connectivity index (χ3n) is 3.48. The van der Waals surface area contributed by atoms with Gasteiger partial charge < -0.3 is 15.1 Å². The Morgan fingerprint density at radius 3 is 1.89 bits per heavy atom. The number of likely N-dealkylation sites (N-methyl/N-ethyl adjacent to an activating group) is 2. The van der Waals surface area contributed by atoms with Gasteiger partial charge in [0.2, 0.25) is 0 Å². The van der Waals surface area contributed by atoms with Crippen molar-refractivity contribution < 1.29 is 0 Å². The van der Waals surface area contributed by atoms with Gasteiger partial charge in [0.15, 0.2) is 0 Å². The smallest absolute Gasteiger partial charge is 0.0106 e. The van der Waals surface area contributed by atoms with Crippen molar-refractivity contribution >= 4 is 0 Å². The fourth-order valence-corrected chi connectivity index (χ4v) is 1.87. The first kappa shape index (κ1) is 17.9. The Kier molecular flexibility index (Phi) is 7.41. The molecule has 0 fully saturated rings. The number of hydrogen-bond donors (Lipinski definition) is 1. The van der Waals surface area contributed by atoms with E-state index in [1.807, 2.05) is 0 Å². The van der Waals surface area contributed by atoms with E-state index in [1.165, 1.54) is 6.42 Å². The Morgan fingerprint density at radius 1 is 0.944 bits per heavy atom. The zero-order valence-electron chi connectivity index (χ0n) is 13.9. The van der Waals surface area contributed by atoms with Gasteiger partial charge in [-0.25, -0.2) is 0 Å². The van der Waals surface area contributed by atoms with Crippen molar-refractivity contribution in [2.24, 2.45) is 5.41 Å². The van der Waals surface area contributed by atoms with E-state index in [4.69, 9.17) is 0 Å². The first-order chi connectivity index (χ1) is 8.08. The zero-order chi connectivity index (χ0) is 14.4. The molecule has 1 unspecified atom stereocenters. The van der Waals surface area contributed by atoms with Crippen LogP contribution in [0.3, 0.4) is 0 Å². The summed E-state index contributed by atoms with van der Waals surface area (Å²) in [6.07, 6.45) is 1.21. The summed E-state index contributed by atoms with van der Waals surface area (Å²) in [5.74, 6) is 0. The van der Waals surface area contributed by atoms with Crippen molar-refractivity contribution in [1.82, 2.24) is 15.1 Å². The van der Waals surface area contributed by atoms with Crippen LogP contribution in [0.5, 0.6) is 0 Å². The minimum atomic E-state index is 0.207. The second-order valence-corrected chi connectivity index (χ2v) is 7.31. The SMILES string of the molecule is CCC(C)(CNC(C)(C)C)CN(C)CCN(C)C. The Bertz CT molecular complexity index is 220. The minimum Gasteiger partial charge on any atom is -0.311 e. The van der Waals surface area contributed by atoms with E-state index in [2.05, 4.69) is 70.9 Å². The molecule has 0 spiro atoms. The molecule has 0 aliphatic heterocycles. The maximum absolute atomic E-state index is 3.65. The summed E-state index contributed by atoms with van der Waals surface area (Å²) >= 11 is 0. The first-order valence-electron chi connectivity index (χ1n) is 7.16. The monoisotopic (exact) mass is 257 g/mol. The Hall–Kier alpha value is -0.120. The van der Waals surface area contributed by atoms with Crippen LogP contribution in [0.25, 0.3) is 0 Å². The molecule has 110 valence electrons. The van der Waals surface area contributed by atoms with Crippen molar-refractivity contribution in [3.05, 3.63) is 0 Å². The van der Waals surface area contributed by atoms with Gasteiger partial charge in [0.25, 0.3) is 0 Å². The summed E-state index contributed by atoms with van der Waals surface area (Å²) in [4.78, 5) is 4.70. The average Bonchev–Trinajstić information content (AvgIpc) is 2.23. The van der Waals surface area contributed by atoms with E-state index in [1.54, 1.807) is 0 Å². The molecule has 0 heterocycles. The van der Waals surface area contributed by atoms with Crippen molar-refractivity contribution in [1.29, 1.82) is 0 Å². The lowest BCUT2D eigenvalue weighted by Gasteiger charge is -2.36. The molecule has 3 nitrogen and oxygen atoms in total. The molecule has 0 bridgehead atoms. The van der Waals surface area contributed by atoms with Gasteiger partial charge in [0.05, 0.1) is 0 Å². The van der Waals surface area contributed by atoms with E-state index in [-0.39, 0.29) is 5.54 Å². The topological polar surface area (TPSA) is 18.5 Å². The molecule has 18 heavy (non-hydrogen) atoms. The summed E-state index contributed by atoms with van der Waals surface area (Å²) in [6.45, 7) is 15.9. The van der Waals surface area contributed by atoms with Crippen molar-refractivity contribution in [3.63, 3.8) is 0 Å². The van der Waals surface area contributed by atoms with Gasteiger partial charge in [-0.15, -0.1) is 0 Å². The predicted molar refractivity (Wildman–Crippen MR) is 82.2 cm³/mol. The maximum Gasteiger partial charge on any atom is 0.0106 e. The van der Waals surface area contributed by atoms with Crippen molar-refractivity contribution in [3.8, 4) is 0 Å². The quantitative estimate of drug-likeness (QED) is 0.720. The van der Waals surface area contributed by atoms with Crippen LogP contribution in [0.2, 0.25) is 0 Å². The summed E-state index contributed by atoms with van der Waals surface area (Å²) in [6, 6.07) is 0. The van der Waals surface area contributed by atoms with E-state index in [0.717, 1.165) is 26.2 Å². The number of hydrogen-bond acceptors (Lipinski definition) is 3. The number of nitrogens with one attached hydrogen (secondary N) is 1. The highest BCUT2D eigenvalue weighted by Crippen LogP contribution is 2.22. The third-order valence-corrected chi connectivity index (χ3v) is 3.48. The highest BCUT2D eigenvalue weighted by atomic mass is 15.2. The highest BCUT2D eigenvalue weighted by Gasteiger charge is 2.25. The van der Waals surface area contributed by atoms with Gasteiger partial charge in [-0.1, -0.05) is 13.8 Å². The highest BCUT2D eigenvalue weighted by molar-refractivity contribution is 4.82. The van der Waals surface area contributed by atoms with Gasteiger partial charge in [0, 0.05) is 31.7 Å². The Labute approximate surface area is 115 Å². The van der Waals surface area contributed by atoms with Crippen molar-refractivity contribution in [2.75, 3.05) is 47.3 Å². The lowest BCUT2D eigenvalue weighted by molar-refractivity contribution is 0.160. The van der Waals surface area contributed by atoms with Crippen LogP contribution >= 0.6 is 0 Å². The van der Waals surface area contributed by atoms with Crippen LogP contribution in [0, 0.1) is 5.41 Å². The molecule has 0 aromatic heterocycles. The second-order valence-electron chi connectivity index (χ2n) is 7.31. The van der Waals surface area contributed by atoms with E-state index < -0.39 is 0 Å². The molecular weight excluding hydrogens is 222 g/mol. The number of rotatable bonds is 8. The molecule has 0 rings (SSSR count). The lowest BCUT2D eigenvalue weighted by atomic mass is 9.86. The summed E-state index contributed by atoms with van der Waals surface area (Å²) < 4.78 is 0. The standard InChI is InChI=1S/C15H35N3/c1-9-15(5,12-16-14(2,3)4)13-18(8)11-10-17(6)7/h16H,9-13H2,1-8H3. The fourth-order valence-electron chi connectivity index (χ4n) is 1.87. The molecule has 0 aromatic rings. The van der Waals surface area contributed by atoms with Crippen LogP contribution < -0.4 is 5.32 Å². The molecule has 0 amide bonds. The molecule has 3 heteroatoms.